The molecule has 1 unspecified atom stereocenters. The van der Waals surface area contributed by atoms with Gasteiger partial charge in [0.15, 0.2) is 0 Å². The van der Waals surface area contributed by atoms with E-state index in [-0.39, 0.29) is 24.3 Å². The number of hydrogen-bond donors (Lipinski definition) is 1. The van der Waals surface area contributed by atoms with E-state index in [9.17, 15) is 0 Å². The fraction of sp³-hybridized carbons (Fsp3) is 0.625. The molecule has 1 aromatic carbocycles. The summed E-state index contributed by atoms with van der Waals surface area (Å²) in [5, 5.41) is 0.780. The zero-order valence-electron chi connectivity index (χ0n) is 13.4. The van der Waals surface area contributed by atoms with Crippen molar-refractivity contribution >= 4 is 18.7 Å². The topological polar surface area (TPSA) is 44.5 Å². The van der Waals surface area contributed by atoms with E-state index in [1.54, 1.807) is 0 Å². The van der Waals surface area contributed by atoms with Crippen LogP contribution in [0.1, 0.15) is 46.1 Å². The van der Waals surface area contributed by atoms with Gasteiger partial charge in [0.1, 0.15) is 0 Å². The molecular formula is C16H25BClNO2. The Hall–Kier alpha value is -0.545. The van der Waals surface area contributed by atoms with E-state index in [4.69, 9.17) is 26.6 Å². The average molecular weight is 310 g/mol. The van der Waals surface area contributed by atoms with Crippen LogP contribution in [0, 0.1) is 0 Å². The maximum atomic E-state index is 6.24. The monoisotopic (exact) mass is 309 g/mol. The van der Waals surface area contributed by atoms with Crippen LogP contribution in [0.25, 0.3) is 0 Å². The van der Waals surface area contributed by atoms with Gasteiger partial charge in [-0.15, -0.1) is 0 Å². The molecule has 1 heterocycles. The van der Waals surface area contributed by atoms with Gasteiger partial charge in [-0.3, -0.25) is 0 Å². The fourth-order valence-corrected chi connectivity index (χ4v) is 2.65. The third kappa shape index (κ3) is 4.01. The van der Waals surface area contributed by atoms with Crippen molar-refractivity contribution in [1.82, 2.24) is 0 Å². The van der Waals surface area contributed by atoms with Gasteiger partial charge in [0.2, 0.25) is 0 Å². The minimum absolute atomic E-state index is 0.106. The number of nitrogens with two attached hydrogens (primary N) is 1. The van der Waals surface area contributed by atoms with Crippen LogP contribution in [-0.2, 0) is 15.7 Å². The molecule has 0 amide bonds. The normalized spacial score (nSPS) is 21.5. The molecule has 1 fully saturated rings. The lowest BCUT2D eigenvalue weighted by molar-refractivity contribution is 0.00578. The van der Waals surface area contributed by atoms with Gasteiger partial charge in [0.05, 0.1) is 11.2 Å². The molecule has 0 saturated carbocycles. The molecule has 1 aromatic rings. The Bertz CT molecular complexity index is 477. The highest BCUT2D eigenvalue weighted by Crippen LogP contribution is 2.37. The molecule has 1 aliphatic rings. The first kappa shape index (κ1) is 16.8. The highest BCUT2D eigenvalue weighted by molar-refractivity contribution is 6.47. The van der Waals surface area contributed by atoms with Crippen LogP contribution in [0.5, 0.6) is 0 Å². The molecule has 21 heavy (non-hydrogen) atoms. The molecule has 0 aliphatic carbocycles. The number of benzene rings is 1. The Morgan fingerprint density at radius 1 is 1.19 bits per heavy atom. The second-order valence-corrected chi connectivity index (χ2v) is 7.25. The van der Waals surface area contributed by atoms with E-state index in [2.05, 4.69) is 6.07 Å². The van der Waals surface area contributed by atoms with E-state index >= 15 is 0 Å². The van der Waals surface area contributed by atoms with Crippen molar-refractivity contribution in [3.05, 3.63) is 34.9 Å². The molecule has 1 atom stereocenters. The van der Waals surface area contributed by atoms with Crippen molar-refractivity contribution in [2.45, 2.75) is 64.1 Å². The molecular weight excluding hydrogens is 284 g/mol. The first-order valence-electron chi connectivity index (χ1n) is 7.57. The van der Waals surface area contributed by atoms with Gasteiger partial charge in [-0.2, -0.15) is 0 Å². The zero-order valence-corrected chi connectivity index (χ0v) is 14.1. The molecule has 0 spiro atoms. The lowest BCUT2D eigenvalue weighted by Gasteiger charge is -2.32. The van der Waals surface area contributed by atoms with E-state index in [0.29, 0.717) is 0 Å². The summed E-state index contributed by atoms with van der Waals surface area (Å²) >= 11 is 5.99. The summed E-state index contributed by atoms with van der Waals surface area (Å²) in [5.74, 6) is -0.106. The second-order valence-electron chi connectivity index (χ2n) is 6.81. The Balaban J connectivity index is 1.82. The summed E-state index contributed by atoms with van der Waals surface area (Å²) in [4.78, 5) is 0. The Kier molecular flexibility index (Phi) is 5.04. The van der Waals surface area contributed by atoms with Gasteiger partial charge in [0.25, 0.3) is 0 Å². The molecule has 0 aromatic heterocycles. The molecule has 5 heteroatoms. The fourth-order valence-electron chi connectivity index (χ4n) is 2.43. The largest absolute Gasteiger partial charge is 0.475 e. The summed E-state index contributed by atoms with van der Waals surface area (Å²) in [5.41, 5.74) is 6.84. The maximum Gasteiger partial charge on any atom is 0.475 e. The van der Waals surface area contributed by atoms with Gasteiger partial charge in [0, 0.05) is 11.0 Å². The number of hydrogen-bond acceptors (Lipinski definition) is 3. The van der Waals surface area contributed by atoms with E-state index in [1.165, 1.54) is 5.56 Å². The second kappa shape index (κ2) is 6.29. The molecule has 0 bridgehead atoms. The third-order valence-corrected chi connectivity index (χ3v) is 4.75. The maximum absolute atomic E-state index is 6.24. The van der Waals surface area contributed by atoms with E-state index in [1.807, 2.05) is 45.9 Å². The van der Waals surface area contributed by atoms with Crippen LogP contribution in [0.3, 0.4) is 0 Å². The van der Waals surface area contributed by atoms with Crippen LogP contribution in [0.15, 0.2) is 24.3 Å². The van der Waals surface area contributed by atoms with Gasteiger partial charge in [-0.05, 0) is 64.7 Å². The number of halogens is 1. The Labute approximate surface area is 133 Å². The van der Waals surface area contributed by atoms with Crippen molar-refractivity contribution in [1.29, 1.82) is 0 Å². The molecule has 1 aliphatic heterocycles. The van der Waals surface area contributed by atoms with Crippen molar-refractivity contribution in [3.8, 4) is 0 Å². The summed E-state index contributed by atoms with van der Waals surface area (Å²) in [6, 6.07) is 7.96. The zero-order chi connectivity index (χ0) is 15.7. The summed E-state index contributed by atoms with van der Waals surface area (Å²) in [6.45, 7) is 8.19. The van der Waals surface area contributed by atoms with Gasteiger partial charge in [-0.25, -0.2) is 0 Å². The number of rotatable bonds is 5. The quantitative estimate of drug-likeness (QED) is 0.845. The SMILES string of the molecule is CC1(C)OB(C(N)CCCc2cccc(Cl)c2)OC1(C)C. The third-order valence-electron chi connectivity index (χ3n) is 4.51. The Morgan fingerprint density at radius 2 is 1.81 bits per heavy atom. The minimum Gasteiger partial charge on any atom is -0.402 e. The predicted molar refractivity (Wildman–Crippen MR) is 88.4 cm³/mol. The highest BCUT2D eigenvalue weighted by atomic mass is 35.5. The smallest absolute Gasteiger partial charge is 0.402 e. The number of aryl methyl sites for hydroxylation is 1. The molecule has 0 radical (unpaired) electrons. The molecule has 2 rings (SSSR count). The van der Waals surface area contributed by atoms with Crippen LogP contribution < -0.4 is 5.73 Å². The summed E-state index contributed by atoms with van der Waals surface area (Å²) in [7, 11) is -0.325. The highest BCUT2D eigenvalue weighted by Gasteiger charge is 2.52. The standard InChI is InChI=1S/C16H25BClNO2/c1-15(2)16(3,4)21-17(20-15)14(19)10-6-8-12-7-5-9-13(18)11-12/h5,7,9,11,14H,6,8,10,19H2,1-4H3. The molecule has 116 valence electrons. The molecule has 1 saturated heterocycles. The predicted octanol–water partition coefficient (Wildman–Crippen LogP) is 3.62. The first-order valence-corrected chi connectivity index (χ1v) is 7.95. The lowest BCUT2D eigenvalue weighted by atomic mass is 9.76. The van der Waals surface area contributed by atoms with Crippen LogP contribution >= 0.6 is 11.6 Å². The van der Waals surface area contributed by atoms with Crippen LogP contribution in [0.4, 0.5) is 0 Å². The van der Waals surface area contributed by atoms with Gasteiger partial charge < -0.3 is 15.0 Å². The van der Waals surface area contributed by atoms with Crippen LogP contribution in [0.2, 0.25) is 5.02 Å². The van der Waals surface area contributed by atoms with E-state index in [0.717, 1.165) is 24.3 Å². The lowest BCUT2D eigenvalue weighted by Crippen LogP contribution is -2.41. The average Bonchev–Trinajstić information content (AvgIpc) is 2.58. The van der Waals surface area contributed by atoms with Crippen molar-refractivity contribution in [2.24, 2.45) is 5.73 Å². The van der Waals surface area contributed by atoms with Crippen molar-refractivity contribution in [2.75, 3.05) is 0 Å². The van der Waals surface area contributed by atoms with Crippen molar-refractivity contribution < 1.29 is 9.31 Å². The molecule has 3 nitrogen and oxygen atoms in total. The van der Waals surface area contributed by atoms with Gasteiger partial charge >= 0.3 is 7.12 Å². The van der Waals surface area contributed by atoms with E-state index < -0.39 is 0 Å². The minimum atomic E-state index is -0.325. The van der Waals surface area contributed by atoms with Crippen LogP contribution in [-0.4, -0.2) is 24.3 Å². The Morgan fingerprint density at radius 3 is 2.38 bits per heavy atom. The molecule has 2 N–H and O–H groups in total. The summed E-state index contributed by atoms with van der Waals surface area (Å²) in [6.07, 6.45) is 2.82. The summed E-state index contributed by atoms with van der Waals surface area (Å²) < 4.78 is 12.0. The van der Waals surface area contributed by atoms with Crippen molar-refractivity contribution in [3.63, 3.8) is 0 Å². The first-order chi connectivity index (χ1) is 9.71. The van der Waals surface area contributed by atoms with Gasteiger partial charge in [-0.1, -0.05) is 23.7 Å².